The van der Waals surface area contributed by atoms with Gasteiger partial charge in [-0.1, -0.05) is 12.2 Å². The highest BCUT2D eigenvalue weighted by molar-refractivity contribution is 5.36. The van der Waals surface area contributed by atoms with Gasteiger partial charge in [0.25, 0.3) is 0 Å². The molecule has 0 saturated carbocycles. The second-order valence-electron chi connectivity index (χ2n) is 1.57. The summed E-state index contributed by atoms with van der Waals surface area (Å²) in [5.41, 5.74) is 0. The van der Waals surface area contributed by atoms with E-state index in [1.165, 1.54) is 5.06 Å². The molecule has 1 heterocycles. The molecule has 0 aliphatic carbocycles. The smallest absolute Gasteiger partial charge is 0.321 e. The van der Waals surface area contributed by atoms with Gasteiger partial charge in [0.05, 0.1) is 0 Å². The van der Waals surface area contributed by atoms with E-state index in [1.54, 1.807) is 12.4 Å². The van der Waals surface area contributed by atoms with Gasteiger partial charge in [-0.3, -0.25) is 4.79 Å². The van der Waals surface area contributed by atoms with Crippen molar-refractivity contribution in [3.63, 3.8) is 0 Å². The van der Waals surface area contributed by atoms with Crippen LogP contribution in [0.15, 0.2) is 24.6 Å². The Morgan fingerprint density at radius 2 is 2.11 bits per heavy atom. The Bertz CT molecular complexity index is 139. The number of carbonyl (C=O) groups excluding carboxylic acids is 1. The van der Waals surface area contributed by atoms with E-state index in [4.69, 9.17) is 0 Å². The van der Waals surface area contributed by atoms with Crippen molar-refractivity contribution in [2.45, 2.75) is 6.42 Å². The van der Waals surface area contributed by atoms with E-state index in [2.05, 4.69) is 4.84 Å². The van der Waals surface area contributed by atoms with Gasteiger partial charge in [-0.05, 0) is 6.42 Å². The fourth-order valence-corrected chi connectivity index (χ4v) is 0.578. The van der Waals surface area contributed by atoms with Crippen molar-refractivity contribution in [1.82, 2.24) is 5.06 Å². The molecule has 48 valence electrons. The van der Waals surface area contributed by atoms with E-state index in [1.807, 2.05) is 12.2 Å². The molecule has 0 aromatic rings. The number of hydrogen-bond donors (Lipinski definition) is 0. The normalized spacial score (nSPS) is 15.8. The molecular weight excluding hydrogens is 118 g/mol. The number of hydroxylamine groups is 2. The summed E-state index contributed by atoms with van der Waals surface area (Å²) < 4.78 is 0. The molecule has 1 rings (SSSR count). The predicted octanol–water partition coefficient (Wildman–Crippen LogP) is 0.807. The second kappa shape index (κ2) is 2.91. The molecule has 0 N–H and O–H groups in total. The minimum atomic E-state index is 0.389. The van der Waals surface area contributed by atoms with E-state index in [0.29, 0.717) is 6.47 Å². The molecule has 0 aromatic carbocycles. The summed E-state index contributed by atoms with van der Waals surface area (Å²) >= 11 is 0. The molecule has 0 bridgehead atoms. The predicted molar refractivity (Wildman–Crippen MR) is 31.9 cm³/mol. The van der Waals surface area contributed by atoms with Crippen molar-refractivity contribution in [1.29, 1.82) is 0 Å². The average molecular weight is 125 g/mol. The Balaban J connectivity index is 2.39. The van der Waals surface area contributed by atoms with Gasteiger partial charge in [0.15, 0.2) is 0 Å². The van der Waals surface area contributed by atoms with Crippen molar-refractivity contribution < 1.29 is 9.63 Å². The van der Waals surface area contributed by atoms with Crippen LogP contribution in [0.25, 0.3) is 0 Å². The number of nitrogens with zero attached hydrogens (tertiary/aromatic N) is 1. The Labute approximate surface area is 53.2 Å². The van der Waals surface area contributed by atoms with Crippen molar-refractivity contribution in [2.75, 3.05) is 0 Å². The SMILES string of the molecule is O=CON1C=CCC=C1. The van der Waals surface area contributed by atoms with Crippen molar-refractivity contribution in [3.8, 4) is 0 Å². The summed E-state index contributed by atoms with van der Waals surface area (Å²) in [6.07, 6.45) is 8.06. The minimum absolute atomic E-state index is 0.389. The summed E-state index contributed by atoms with van der Waals surface area (Å²) in [7, 11) is 0. The summed E-state index contributed by atoms with van der Waals surface area (Å²) in [4.78, 5) is 14.2. The van der Waals surface area contributed by atoms with Crippen LogP contribution in [0.5, 0.6) is 0 Å². The number of rotatable bonds is 2. The molecule has 0 spiro atoms. The Hall–Kier alpha value is -1.25. The topological polar surface area (TPSA) is 29.5 Å². The van der Waals surface area contributed by atoms with Gasteiger partial charge in [-0.15, -0.1) is 0 Å². The van der Waals surface area contributed by atoms with Crippen LogP contribution in [0.3, 0.4) is 0 Å². The lowest BCUT2D eigenvalue weighted by atomic mass is 10.3. The number of carbonyl (C=O) groups is 1. The van der Waals surface area contributed by atoms with Crippen LogP contribution >= 0.6 is 0 Å². The third kappa shape index (κ3) is 1.60. The lowest BCUT2D eigenvalue weighted by Gasteiger charge is -2.12. The Morgan fingerprint density at radius 3 is 2.67 bits per heavy atom. The van der Waals surface area contributed by atoms with Crippen molar-refractivity contribution in [2.24, 2.45) is 0 Å². The van der Waals surface area contributed by atoms with Crippen LogP contribution in [0.1, 0.15) is 6.42 Å². The highest BCUT2D eigenvalue weighted by Gasteiger charge is 1.93. The molecule has 0 unspecified atom stereocenters. The zero-order valence-electron chi connectivity index (χ0n) is 4.86. The van der Waals surface area contributed by atoms with Gasteiger partial charge in [-0.2, -0.15) is 5.06 Å². The first-order chi connectivity index (χ1) is 4.43. The molecule has 0 fully saturated rings. The second-order valence-corrected chi connectivity index (χ2v) is 1.57. The first-order valence-corrected chi connectivity index (χ1v) is 2.65. The van der Waals surface area contributed by atoms with E-state index in [0.717, 1.165) is 6.42 Å². The maximum Gasteiger partial charge on any atom is 0.321 e. The average Bonchev–Trinajstić information content (AvgIpc) is 1.91. The molecule has 9 heavy (non-hydrogen) atoms. The number of hydrogen-bond acceptors (Lipinski definition) is 3. The summed E-state index contributed by atoms with van der Waals surface area (Å²) in [6.45, 7) is 0.389. The van der Waals surface area contributed by atoms with Gasteiger partial charge in [0.1, 0.15) is 0 Å². The minimum Gasteiger partial charge on any atom is -0.341 e. The molecule has 0 amide bonds. The first kappa shape index (κ1) is 5.88. The fourth-order valence-electron chi connectivity index (χ4n) is 0.578. The van der Waals surface area contributed by atoms with Gasteiger partial charge in [0.2, 0.25) is 0 Å². The number of allylic oxidation sites excluding steroid dienone is 2. The fraction of sp³-hybridized carbons (Fsp3) is 0.167. The quantitative estimate of drug-likeness (QED) is 0.511. The zero-order chi connectivity index (χ0) is 6.53. The molecule has 0 saturated heterocycles. The highest BCUT2D eigenvalue weighted by Crippen LogP contribution is 2.00. The highest BCUT2D eigenvalue weighted by atomic mass is 16.7. The van der Waals surface area contributed by atoms with Crippen molar-refractivity contribution in [3.05, 3.63) is 24.6 Å². The monoisotopic (exact) mass is 125 g/mol. The van der Waals surface area contributed by atoms with E-state index < -0.39 is 0 Å². The Morgan fingerprint density at radius 1 is 1.44 bits per heavy atom. The maximum absolute atomic E-state index is 9.74. The summed E-state index contributed by atoms with van der Waals surface area (Å²) in [5, 5.41) is 1.34. The molecule has 1 aliphatic rings. The Kier molecular flexibility index (Phi) is 1.90. The van der Waals surface area contributed by atoms with Crippen LogP contribution in [0, 0.1) is 0 Å². The molecule has 1 aliphatic heterocycles. The van der Waals surface area contributed by atoms with Gasteiger partial charge in [0, 0.05) is 12.4 Å². The molecule has 0 aromatic heterocycles. The molecule has 0 atom stereocenters. The van der Waals surface area contributed by atoms with E-state index in [-0.39, 0.29) is 0 Å². The van der Waals surface area contributed by atoms with Crippen LogP contribution in [0.2, 0.25) is 0 Å². The molecule has 0 radical (unpaired) electrons. The van der Waals surface area contributed by atoms with Crippen molar-refractivity contribution >= 4 is 6.47 Å². The molecule has 3 nitrogen and oxygen atoms in total. The largest absolute Gasteiger partial charge is 0.341 e. The van der Waals surface area contributed by atoms with Gasteiger partial charge in [-0.25, -0.2) is 0 Å². The van der Waals surface area contributed by atoms with E-state index >= 15 is 0 Å². The van der Waals surface area contributed by atoms with Crippen LogP contribution in [-0.2, 0) is 9.63 Å². The summed E-state index contributed by atoms with van der Waals surface area (Å²) in [6, 6.07) is 0. The van der Waals surface area contributed by atoms with Crippen LogP contribution < -0.4 is 0 Å². The third-order valence-electron chi connectivity index (χ3n) is 0.942. The van der Waals surface area contributed by atoms with Crippen LogP contribution in [-0.4, -0.2) is 11.5 Å². The van der Waals surface area contributed by atoms with Crippen LogP contribution in [0.4, 0.5) is 0 Å². The lowest BCUT2D eigenvalue weighted by molar-refractivity contribution is -0.152. The first-order valence-electron chi connectivity index (χ1n) is 2.65. The lowest BCUT2D eigenvalue weighted by Crippen LogP contribution is -2.10. The third-order valence-corrected chi connectivity index (χ3v) is 0.942. The molecular formula is C6H7NO2. The molecule has 3 heteroatoms. The summed E-state index contributed by atoms with van der Waals surface area (Å²) in [5.74, 6) is 0. The van der Waals surface area contributed by atoms with Gasteiger partial charge >= 0.3 is 6.47 Å². The zero-order valence-corrected chi connectivity index (χ0v) is 4.86. The van der Waals surface area contributed by atoms with E-state index in [9.17, 15) is 4.79 Å². The maximum atomic E-state index is 9.74. The van der Waals surface area contributed by atoms with Gasteiger partial charge < -0.3 is 4.84 Å². The standard InChI is InChI=1S/C6H7NO2/c8-6-9-7-4-2-1-3-5-7/h2-6H,1H2.